The lowest BCUT2D eigenvalue weighted by Crippen LogP contribution is -2.40. The van der Waals surface area contributed by atoms with Crippen LogP contribution in [0.15, 0.2) is 57.3 Å². The van der Waals surface area contributed by atoms with Crippen LogP contribution < -0.4 is 27.1 Å². The molecular weight excluding hydrogens is 443 g/mol. The predicted molar refractivity (Wildman–Crippen MR) is 116 cm³/mol. The summed E-state index contributed by atoms with van der Waals surface area (Å²) in [5, 5.41) is 2.47. The fourth-order valence-corrected chi connectivity index (χ4v) is 3.84. The van der Waals surface area contributed by atoms with Crippen LogP contribution in [0.2, 0.25) is 0 Å². The van der Waals surface area contributed by atoms with Gasteiger partial charge in [0.2, 0.25) is 5.91 Å². The van der Waals surface area contributed by atoms with Gasteiger partial charge in [0.1, 0.15) is 29.2 Å². The number of nitrogens with one attached hydrogen (secondary N) is 2. The molecule has 0 radical (unpaired) electrons. The van der Waals surface area contributed by atoms with E-state index in [0.717, 1.165) is 16.7 Å². The number of anilines is 1. The molecule has 0 aliphatic carbocycles. The smallest absolute Gasteiger partial charge is 0.275 e. The first-order valence-electron chi connectivity index (χ1n) is 9.41. The second kappa shape index (κ2) is 11.0. The number of rotatable bonds is 11. The van der Waals surface area contributed by atoms with Crippen molar-refractivity contribution in [2.75, 3.05) is 11.3 Å². The molecule has 172 valence electrons. The third kappa shape index (κ3) is 6.91. The van der Waals surface area contributed by atoms with Crippen molar-refractivity contribution in [1.82, 2.24) is 9.88 Å². The Morgan fingerprint density at radius 3 is 2.59 bits per heavy atom. The van der Waals surface area contributed by atoms with Crippen molar-refractivity contribution in [3.8, 4) is 0 Å². The van der Waals surface area contributed by atoms with Gasteiger partial charge in [0.05, 0.1) is 6.04 Å². The Labute approximate surface area is 183 Å². The van der Waals surface area contributed by atoms with Gasteiger partial charge in [-0.05, 0) is 37.1 Å². The van der Waals surface area contributed by atoms with Crippen molar-refractivity contribution >= 4 is 33.9 Å². The van der Waals surface area contributed by atoms with Crippen LogP contribution in [0.1, 0.15) is 12.8 Å². The summed E-state index contributed by atoms with van der Waals surface area (Å²) < 4.78 is 41.7. The van der Waals surface area contributed by atoms with E-state index in [4.69, 9.17) is 11.5 Å². The van der Waals surface area contributed by atoms with Crippen molar-refractivity contribution in [3.63, 3.8) is 0 Å². The lowest BCUT2D eigenvalue weighted by molar-refractivity contribution is -0.124. The van der Waals surface area contributed by atoms with Gasteiger partial charge in [-0.25, -0.2) is 12.8 Å². The summed E-state index contributed by atoms with van der Waals surface area (Å²) in [4.78, 5) is 39.2. The largest absolute Gasteiger partial charge is 0.370 e. The highest BCUT2D eigenvalue weighted by atomic mass is 32.2. The van der Waals surface area contributed by atoms with Crippen LogP contribution in [0.3, 0.4) is 0 Å². The van der Waals surface area contributed by atoms with E-state index in [0.29, 0.717) is 12.7 Å². The second-order valence-corrected chi connectivity index (χ2v) is 8.30. The number of amides is 1. The Kier molecular flexibility index (Phi) is 8.46. The SMILES string of the molecule is NC(N)=NCCCC(C=O)NC(=O)Cn1cccc(NS(=O)(=O)c2ccccc2F)c1=O. The molecular formula is C19H23FN6O5S. The molecule has 1 atom stereocenters. The number of aliphatic imine (C=N–C) groups is 1. The maximum absolute atomic E-state index is 13.8. The maximum atomic E-state index is 13.8. The number of carbonyl (C=O) groups is 2. The van der Waals surface area contributed by atoms with Crippen molar-refractivity contribution in [1.29, 1.82) is 0 Å². The molecule has 1 aromatic carbocycles. The molecule has 32 heavy (non-hydrogen) atoms. The van der Waals surface area contributed by atoms with Crippen molar-refractivity contribution in [2.24, 2.45) is 16.5 Å². The number of benzene rings is 1. The Morgan fingerprint density at radius 2 is 1.94 bits per heavy atom. The van der Waals surface area contributed by atoms with Crippen LogP contribution >= 0.6 is 0 Å². The molecule has 0 fully saturated rings. The van der Waals surface area contributed by atoms with Crippen LogP contribution in [0.4, 0.5) is 10.1 Å². The number of carbonyl (C=O) groups excluding carboxylic acids is 2. The zero-order valence-electron chi connectivity index (χ0n) is 16.9. The molecule has 0 saturated carbocycles. The molecule has 1 heterocycles. The lowest BCUT2D eigenvalue weighted by Gasteiger charge is -2.14. The lowest BCUT2D eigenvalue weighted by atomic mass is 10.2. The molecule has 1 aromatic heterocycles. The number of aldehydes is 1. The third-order valence-corrected chi connectivity index (χ3v) is 5.58. The van der Waals surface area contributed by atoms with Gasteiger partial charge < -0.3 is 26.1 Å². The molecule has 0 aliphatic rings. The van der Waals surface area contributed by atoms with E-state index in [1.54, 1.807) is 0 Å². The summed E-state index contributed by atoms with van der Waals surface area (Å²) in [6.07, 6.45) is 2.55. The van der Waals surface area contributed by atoms with Crippen molar-refractivity contribution in [2.45, 2.75) is 30.3 Å². The first-order chi connectivity index (χ1) is 15.1. The van der Waals surface area contributed by atoms with E-state index in [9.17, 15) is 27.2 Å². The highest BCUT2D eigenvalue weighted by Gasteiger charge is 2.20. The van der Waals surface area contributed by atoms with Crippen molar-refractivity contribution < 1.29 is 22.4 Å². The van der Waals surface area contributed by atoms with Crippen LogP contribution in [-0.2, 0) is 26.2 Å². The zero-order valence-corrected chi connectivity index (χ0v) is 17.7. The van der Waals surface area contributed by atoms with Gasteiger partial charge >= 0.3 is 0 Å². The monoisotopic (exact) mass is 466 g/mol. The average molecular weight is 466 g/mol. The van der Waals surface area contributed by atoms with E-state index in [1.807, 2.05) is 4.72 Å². The molecule has 2 rings (SSSR count). The summed E-state index contributed by atoms with van der Waals surface area (Å²) in [7, 11) is -4.37. The number of nitrogens with two attached hydrogens (primary N) is 2. The minimum Gasteiger partial charge on any atom is -0.370 e. The van der Waals surface area contributed by atoms with Crippen LogP contribution in [0.25, 0.3) is 0 Å². The van der Waals surface area contributed by atoms with E-state index in [-0.39, 0.29) is 24.6 Å². The van der Waals surface area contributed by atoms with Gasteiger partial charge in [-0.3, -0.25) is 19.3 Å². The molecule has 0 bridgehead atoms. The number of aromatic nitrogens is 1. The van der Waals surface area contributed by atoms with Gasteiger partial charge in [0.25, 0.3) is 15.6 Å². The van der Waals surface area contributed by atoms with Gasteiger partial charge in [-0.15, -0.1) is 0 Å². The zero-order chi connectivity index (χ0) is 23.7. The number of nitrogens with zero attached hydrogens (tertiary/aromatic N) is 2. The molecule has 1 amide bonds. The Morgan fingerprint density at radius 1 is 1.22 bits per heavy atom. The molecule has 0 spiro atoms. The van der Waals surface area contributed by atoms with E-state index in [2.05, 4.69) is 10.3 Å². The standard InChI is InChI=1S/C19H23FN6O5S/c20-14-6-1-2-8-16(14)32(30,31)25-15-7-4-10-26(18(15)29)11-17(28)24-13(12-27)5-3-9-23-19(21)22/h1-2,4,6-8,10,12-13,25H,3,5,9,11H2,(H,24,28)(H4,21,22,23). The van der Waals surface area contributed by atoms with Gasteiger partial charge in [-0.1, -0.05) is 12.1 Å². The van der Waals surface area contributed by atoms with Crippen LogP contribution in [0, 0.1) is 5.82 Å². The Hall–Kier alpha value is -3.74. The number of hydrogen-bond donors (Lipinski definition) is 4. The summed E-state index contributed by atoms with van der Waals surface area (Å²) in [6, 6.07) is 6.42. The van der Waals surface area contributed by atoms with Crippen LogP contribution in [0.5, 0.6) is 0 Å². The van der Waals surface area contributed by atoms with Gasteiger partial charge in [0, 0.05) is 12.7 Å². The number of guanidine groups is 1. The summed E-state index contributed by atoms with van der Waals surface area (Å²) in [6.45, 7) is -0.182. The van der Waals surface area contributed by atoms with Crippen LogP contribution in [-0.4, -0.2) is 43.7 Å². The average Bonchev–Trinajstić information content (AvgIpc) is 2.73. The first kappa shape index (κ1) is 24.5. The number of halogens is 1. The third-order valence-electron chi connectivity index (χ3n) is 4.18. The molecule has 11 nitrogen and oxygen atoms in total. The second-order valence-electron chi connectivity index (χ2n) is 6.65. The molecule has 6 N–H and O–H groups in total. The molecule has 0 aliphatic heterocycles. The van der Waals surface area contributed by atoms with Gasteiger partial charge in [0.15, 0.2) is 5.96 Å². The highest BCUT2D eigenvalue weighted by Crippen LogP contribution is 2.16. The number of sulfonamides is 1. The summed E-state index contributed by atoms with van der Waals surface area (Å²) in [5.41, 5.74) is 9.23. The van der Waals surface area contributed by atoms with E-state index < -0.39 is 44.8 Å². The van der Waals surface area contributed by atoms with E-state index in [1.165, 1.54) is 30.5 Å². The normalized spacial score (nSPS) is 11.9. The Balaban J connectivity index is 2.08. The first-order valence-corrected chi connectivity index (χ1v) is 10.9. The molecule has 1 unspecified atom stereocenters. The minimum absolute atomic E-state index is 0.0819. The quantitative estimate of drug-likeness (QED) is 0.149. The van der Waals surface area contributed by atoms with Gasteiger partial charge in [-0.2, -0.15) is 0 Å². The fourth-order valence-electron chi connectivity index (χ4n) is 2.70. The van der Waals surface area contributed by atoms with E-state index >= 15 is 0 Å². The predicted octanol–water partition coefficient (Wildman–Crippen LogP) is -0.474. The minimum atomic E-state index is -4.37. The molecule has 0 saturated heterocycles. The van der Waals surface area contributed by atoms with Crippen molar-refractivity contribution in [3.05, 3.63) is 58.8 Å². The number of pyridine rings is 1. The number of hydrogen-bond acceptors (Lipinski definition) is 6. The summed E-state index contributed by atoms with van der Waals surface area (Å²) in [5.74, 6) is -1.70. The highest BCUT2D eigenvalue weighted by molar-refractivity contribution is 7.92. The Bertz CT molecular complexity index is 1160. The maximum Gasteiger partial charge on any atom is 0.275 e. The molecule has 13 heteroatoms. The fraction of sp³-hybridized carbons (Fsp3) is 0.263. The molecule has 2 aromatic rings. The summed E-state index contributed by atoms with van der Waals surface area (Å²) >= 11 is 0. The topological polar surface area (TPSA) is 179 Å².